The molecule has 0 aliphatic carbocycles. The fraction of sp³-hybridized carbons (Fsp3) is 0.231. The minimum absolute atomic E-state index is 0.0177. The first kappa shape index (κ1) is 13.4. The Morgan fingerprint density at radius 1 is 1.42 bits per heavy atom. The van der Waals surface area contributed by atoms with Crippen LogP contribution in [0.1, 0.15) is 6.92 Å². The smallest absolute Gasteiger partial charge is 0.346 e. The number of halogens is 1. The lowest BCUT2D eigenvalue weighted by Gasteiger charge is -2.12. The molecule has 1 heterocycles. The molecule has 0 saturated heterocycles. The summed E-state index contributed by atoms with van der Waals surface area (Å²) >= 11 is 5.67. The Kier molecular flexibility index (Phi) is 3.76. The first-order valence-electron chi connectivity index (χ1n) is 5.48. The summed E-state index contributed by atoms with van der Waals surface area (Å²) in [7, 11) is 1.28. The SMILES string of the molecule is COC(=O)C(C)Oc1ccc2c(=O)c(Cl)coc2c1. The molecule has 0 aliphatic heterocycles. The van der Waals surface area contributed by atoms with Crippen LogP contribution in [0.5, 0.6) is 5.75 Å². The highest BCUT2D eigenvalue weighted by molar-refractivity contribution is 6.30. The predicted molar refractivity (Wildman–Crippen MR) is 69.6 cm³/mol. The van der Waals surface area contributed by atoms with Gasteiger partial charge in [-0.1, -0.05) is 11.6 Å². The molecule has 0 fully saturated rings. The van der Waals surface area contributed by atoms with Gasteiger partial charge in [0.25, 0.3) is 0 Å². The lowest BCUT2D eigenvalue weighted by molar-refractivity contribution is -0.147. The molecule has 0 aliphatic rings. The van der Waals surface area contributed by atoms with Crippen LogP contribution in [0.15, 0.2) is 33.7 Å². The molecule has 19 heavy (non-hydrogen) atoms. The maximum atomic E-state index is 11.7. The first-order valence-corrected chi connectivity index (χ1v) is 5.86. The molecule has 1 unspecified atom stereocenters. The zero-order valence-electron chi connectivity index (χ0n) is 10.3. The van der Waals surface area contributed by atoms with Crippen molar-refractivity contribution in [2.75, 3.05) is 7.11 Å². The number of methoxy groups -OCH3 is 1. The van der Waals surface area contributed by atoms with Gasteiger partial charge in [0.2, 0.25) is 5.43 Å². The monoisotopic (exact) mass is 282 g/mol. The van der Waals surface area contributed by atoms with Gasteiger partial charge in [0.1, 0.15) is 22.6 Å². The topological polar surface area (TPSA) is 65.7 Å². The van der Waals surface area contributed by atoms with Gasteiger partial charge >= 0.3 is 5.97 Å². The Morgan fingerprint density at radius 3 is 2.84 bits per heavy atom. The zero-order valence-corrected chi connectivity index (χ0v) is 11.1. The van der Waals surface area contributed by atoms with E-state index in [1.807, 2.05) is 0 Å². The Balaban J connectivity index is 2.35. The van der Waals surface area contributed by atoms with Crippen LogP contribution in [0.4, 0.5) is 0 Å². The Morgan fingerprint density at radius 2 is 2.16 bits per heavy atom. The van der Waals surface area contributed by atoms with Crippen molar-refractivity contribution in [1.82, 2.24) is 0 Å². The van der Waals surface area contributed by atoms with Crippen molar-refractivity contribution < 1.29 is 18.7 Å². The maximum Gasteiger partial charge on any atom is 0.346 e. The fourth-order valence-electron chi connectivity index (χ4n) is 1.58. The Labute approximate surface area is 113 Å². The summed E-state index contributed by atoms with van der Waals surface area (Å²) < 4.78 is 15.1. The molecule has 6 heteroatoms. The summed E-state index contributed by atoms with van der Waals surface area (Å²) in [4.78, 5) is 22.9. The van der Waals surface area contributed by atoms with E-state index in [0.717, 1.165) is 0 Å². The highest BCUT2D eigenvalue weighted by Crippen LogP contribution is 2.21. The zero-order chi connectivity index (χ0) is 14.0. The molecule has 0 N–H and O–H groups in total. The number of carbonyl (C=O) groups is 1. The number of esters is 1. The highest BCUT2D eigenvalue weighted by atomic mass is 35.5. The second-order valence-corrected chi connectivity index (χ2v) is 4.26. The molecule has 0 amide bonds. The van der Waals surface area contributed by atoms with Gasteiger partial charge in [-0.3, -0.25) is 4.79 Å². The third-order valence-corrected chi connectivity index (χ3v) is 2.81. The van der Waals surface area contributed by atoms with E-state index in [9.17, 15) is 9.59 Å². The van der Waals surface area contributed by atoms with Crippen molar-refractivity contribution in [2.24, 2.45) is 0 Å². The minimum Gasteiger partial charge on any atom is -0.479 e. The molecule has 0 radical (unpaired) electrons. The van der Waals surface area contributed by atoms with Crippen LogP contribution in [0.25, 0.3) is 11.0 Å². The molecule has 2 aromatic rings. The quantitative estimate of drug-likeness (QED) is 0.809. The molecule has 1 aromatic carbocycles. The van der Waals surface area contributed by atoms with Gasteiger partial charge in [-0.05, 0) is 19.1 Å². The van der Waals surface area contributed by atoms with Crippen LogP contribution in [0, 0.1) is 0 Å². The number of hydrogen-bond donors (Lipinski definition) is 0. The molecular formula is C13H11ClO5. The second-order valence-electron chi connectivity index (χ2n) is 3.85. The van der Waals surface area contributed by atoms with E-state index >= 15 is 0 Å². The molecule has 100 valence electrons. The molecular weight excluding hydrogens is 272 g/mol. The summed E-state index contributed by atoms with van der Waals surface area (Å²) in [6.45, 7) is 1.56. The van der Waals surface area contributed by atoms with E-state index in [-0.39, 0.29) is 10.5 Å². The van der Waals surface area contributed by atoms with Gasteiger partial charge in [0.05, 0.1) is 12.5 Å². The maximum absolute atomic E-state index is 11.7. The van der Waals surface area contributed by atoms with Gasteiger partial charge in [0.15, 0.2) is 6.10 Å². The van der Waals surface area contributed by atoms with Crippen LogP contribution in [-0.4, -0.2) is 19.2 Å². The first-order chi connectivity index (χ1) is 9.02. The molecule has 0 saturated carbocycles. The summed E-state index contributed by atoms with van der Waals surface area (Å²) in [5.74, 6) is -0.0893. The van der Waals surface area contributed by atoms with Crippen LogP contribution in [0.2, 0.25) is 5.02 Å². The van der Waals surface area contributed by atoms with Crippen LogP contribution in [-0.2, 0) is 9.53 Å². The number of ether oxygens (including phenoxy) is 2. The van der Waals surface area contributed by atoms with Gasteiger partial charge in [-0.15, -0.1) is 0 Å². The number of fused-ring (bicyclic) bond motifs is 1. The fourth-order valence-corrected chi connectivity index (χ4v) is 1.72. The molecule has 1 atom stereocenters. The third-order valence-electron chi connectivity index (χ3n) is 2.55. The summed E-state index contributed by atoms with van der Waals surface area (Å²) in [6, 6.07) is 4.62. The van der Waals surface area contributed by atoms with Crippen molar-refractivity contribution in [1.29, 1.82) is 0 Å². The van der Waals surface area contributed by atoms with E-state index in [0.29, 0.717) is 16.7 Å². The van der Waals surface area contributed by atoms with E-state index in [1.165, 1.54) is 25.5 Å². The second kappa shape index (κ2) is 5.32. The average Bonchev–Trinajstić information content (AvgIpc) is 2.42. The Hall–Kier alpha value is -2.01. The van der Waals surface area contributed by atoms with E-state index in [4.69, 9.17) is 20.8 Å². The predicted octanol–water partition coefficient (Wildman–Crippen LogP) is 2.39. The van der Waals surface area contributed by atoms with Crippen molar-refractivity contribution in [2.45, 2.75) is 13.0 Å². The van der Waals surface area contributed by atoms with Crippen LogP contribution in [0.3, 0.4) is 0 Å². The molecule has 1 aromatic heterocycles. The van der Waals surface area contributed by atoms with Gasteiger partial charge in [0, 0.05) is 6.07 Å². The summed E-state index contributed by atoms with van der Waals surface area (Å²) in [5, 5.41) is 0.370. The molecule has 0 bridgehead atoms. The standard InChI is InChI=1S/C13H11ClO5/c1-7(13(16)17-2)19-8-3-4-9-11(5-8)18-6-10(14)12(9)15/h3-7H,1-2H3. The number of rotatable bonds is 3. The number of carbonyl (C=O) groups excluding carboxylic acids is 1. The third kappa shape index (κ3) is 2.71. The normalized spacial score (nSPS) is 12.2. The molecule has 2 rings (SSSR count). The molecule has 5 nitrogen and oxygen atoms in total. The summed E-state index contributed by atoms with van der Waals surface area (Å²) in [5.41, 5.74) is 0.0273. The van der Waals surface area contributed by atoms with Crippen molar-refractivity contribution in [3.05, 3.63) is 39.7 Å². The lowest BCUT2D eigenvalue weighted by atomic mass is 10.2. The van der Waals surface area contributed by atoms with Crippen LogP contribution < -0.4 is 10.2 Å². The van der Waals surface area contributed by atoms with E-state index < -0.39 is 12.1 Å². The van der Waals surface area contributed by atoms with Gasteiger partial charge < -0.3 is 13.9 Å². The van der Waals surface area contributed by atoms with Crippen molar-refractivity contribution in [3.8, 4) is 5.75 Å². The Bertz CT molecular complexity index is 676. The van der Waals surface area contributed by atoms with Crippen molar-refractivity contribution in [3.63, 3.8) is 0 Å². The number of hydrogen-bond acceptors (Lipinski definition) is 5. The summed E-state index contributed by atoms with van der Waals surface area (Å²) in [6.07, 6.45) is 0.418. The van der Waals surface area contributed by atoms with Crippen molar-refractivity contribution >= 4 is 28.5 Å². The highest BCUT2D eigenvalue weighted by Gasteiger charge is 2.15. The largest absolute Gasteiger partial charge is 0.479 e. The van der Waals surface area contributed by atoms with Gasteiger partial charge in [-0.2, -0.15) is 0 Å². The van der Waals surface area contributed by atoms with E-state index in [1.54, 1.807) is 13.0 Å². The minimum atomic E-state index is -0.749. The van der Waals surface area contributed by atoms with Gasteiger partial charge in [-0.25, -0.2) is 4.79 Å². The molecule has 0 spiro atoms. The lowest BCUT2D eigenvalue weighted by Crippen LogP contribution is -2.24. The average molecular weight is 283 g/mol. The van der Waals surface area contributed by atoms with Crippen LogP contribution >= 0.6 is 11.6 Å². The van der Waals surface area contributed by atoms with E-state index in [2.05, 4.69) is 4.74 Å². The number of benzene rings is 1.